The van der Waals surface area contributed by atoms with Crippen molar-refractivity contribution >= 4 is 51.6 Å². The van der Waals surface area contributed by atoms with Crippen LogP contribution in [0.5, 0.6) is 0 Å². The number of ketones is 1. The zero-order chi connectivity index (χ0) is 22.6. The fraction of sp³-hybridized carbons (Fsp3) is 0.217. The Kier molecular flexibility index (Phi) is 5.03. The lowest BCUT2D eigenvalue weighted by Crippen LogP contribution is -2.14. The van der Waals surface area contributed by atoms with E-state index in [-0.39, 0.29) is 33.2 Å². The summed E-state index contributed by atoms with van der Waals surface area (Å²) < 4.78 is 0. The third kappa shape index (κ3) is 3.47. The number of halogens is 2. The average Bonchev–Trinajstić information content (AvgIpc) is 3.42. The molecule has 1 saturated carbocycles. The number of aromatic nitrogens is 4. The summed E-state index contributed by atoms with van der Waals surface area (Å²) in [6.07, 6.45) is 4.93. The van der Waals surface area contributed by atoms with Crippen LogP contribution in [-0.2, 0) is 4.79 Å². The zero-order valence-corrected chi connectivity index (χ0v) is 18.9. The summed E-state index contributed by atoms with van der Waals surface area (Å²) in [5.74, 6) is 0.0711. The van der Waals surface area contributed by atoms with Crippen molar-refractivity contribution in [3.8, 4) is 11.1 Å². The summed E-state index contributed by atoms with van der Waals surface area (Å²) in [7, 11) is 0. The van der Waals surface area contributed by atoms with Crippen molar-refractivity contribution in [1.82, 2.24) is 20.2 Å². The molecule has 3 N–H and O–H groups in total. The van der Waals surface area contributed by atoms with Crippen LogP contribution in [0.25, 0.3) is 22.0 Å². The first-order chi connectivity index (χ1) is 15.3. The van der Waals surface area contributed by atoms with E-state index in [9.17, 15) is 9.59 Å². The van der Waals surface area contributed by atoms with E-state index in [2.05, 4.69) is 25.5 Å². The summed E-state index contributed by atoms with van der Waals surface area (Å²) >= 11 is 13.1. The van der Waals surface area contributed by atoms with E-state index in [0.29, 0.717) is 22.3 Å². The second kappa shape index (κ2) is 7.76. The molecule has 4 aromatic rings. The number of anilines is 1. The van der Waals surface area contributed by atoms with Crippen LogP contribution in [0.15, 0.2) is 30.6 Å². The number of carbonyl (C=O) groups excluding carboxylic acids is 2. The molecule has 1 fully saturated rings. The summed E-state index contributed by atoms with van der Waals surface area (Å²) in [6.45, 7) is 3.80. The number of benzene rings is 1. The normalized spacial score (nSPS) is 13.5. The van der Waals surface area contributed by atoms with Gasteiger partial charge in [-0.25, -0.2) is 4.98 Å². The molecule has 0 atom stereocenters. The maximum absolute atomic E-state index is 13.4. The highest BCUT2D eigenvalue weighted by atomic mass is 35.5. The number of nitrogens with one attached hydrogen (secondary N) is 3. The first-order valence-corrected chi connectivity index (χ1v) is 10.9. The molecule has 0 bridgehead atoms. The predicted octanol–water partition coefficient (Wildman–Crippen LogP) is 5.46. The molecule has 1 aliphatic carbocycles. The van der Waals surface area contributed by atoms with Gasteiger partial charge < -0.3 is 10.3 Å². The van der Waals surface area contributed by atoms with E-state index in [1.54, 1.807) is 30.6 Å². The van der Waals surface area contributed by atoms with Crippen molar-refractivity contribution in [3.63, 3.8) is 0 Å². The highest BCUT2D eigenvalue weighted by Gasteiger charge is 2.30. The van der Waals surface area contributed by atoms with Crippen molar-refractivity contribution in [2.45, 2.75) is 26.7 Å². The molecule has 1 aromatic carbocycles. The largest absolute Gasteiger partial charge is 0.357 e. The maximum atomic E-state index is 13.4. The molecule has 0 spiro atoms. The number of fused-ring (bicyclic) bond motifs is 1. The molecular formula is C23H19Cl2N5O2. The Balaban J connectivity index is 1.54. The summed E-state index contributed by atoms with van der Waals surface area (Å²) in [6, 6.07) is 5.17. The molecule has 0 radical (unpaired) electrons. The molecule has 162 valence electrons. The van der Waals surface area contributed by atoms with E-state index < -0.39 is 0 Å². The van der Waals surface area contributed by atoms with Gasteiger partial charge >= 0.3 is 0 Å². The number of H-pyrrole nitrogens is 2. The zero-order valence-electron chi connectivity index (χ0n) is 17.3. The van der Waals surface area contributed by atoms with Gasteiger partial charge in [0.05, 0.1) is 26.8 Å². The van der Waals surface area contributed by atoms with Gasteiger partial charge in [0, 0.05) is 40.5 Å². The van der Waals surface area contributed by atoms with Gasteiger partial charge in [-0.1, -0.05) is 23.2 Å². The molecule has 32 heavy (non-hydrogen) atoms. The Morgan fingerprint density at radius 3 is 2.50 bits per heavy atom. The van der Waals surface area contributed by atoms with Crippen LogP contribution in [0.3, 0.4) is 0 Å². The third-order valence-electron chi connectivity index (χ3n) is 5.72. The summed E-state index contributed by atoms with van der Waals surface area (Å²) in [4.78, 5) is 32.9. The quantitative estimate of drug-likeness (QED) is 0.339. The second-order valence-corrected chi connectivity index (χ2v) is 8.82. The third-order valence-corrected chi connectivity index (χ3v) is 6.32. The summed E-state index contributed by atoms with van der Waals surface area (Å²) in [5.41, 5.74) is 4.60. The lowest BCUT2D eigenvalue weighted by molar-refractivity contribution is -0.117. The highest BCUT2D eigenvalue weighted by Crippen LogP contribution is 2.37. The molecule has 0 saturated heterocycles. The number of hydrogen-bond donors (Lipinski definition) is 3. The number of pyridine rings is 1. The Morgan fingerprint density at radius 2 is 1.88 bits per heavy atom. The number of amides is 1. The number of aryl methyl sites for hydroxylation is 2. The van der Waals surface area contributed by atoms with Crippen LogP contribution in [0.4, 0.5) is 5.82 Å². The van der Waals surface area contributed by atoms with Crippen molar-refractivity contribution in [2.24, 2.45) is 5.92 Å². The standard InChI is InChI=1S/C23H19Cl2N5O2/c1-10-18(11(2)30-29-10)13-7-16(24)19(17(25)8-13)21(31)15-9-27-20-14(15)5-6-26-22(20)28-23(32)12-3-4-12/h5-9,12,27H,3-4H2,1-2H3,(H,29,30)(H,26,28,32). The highest BCUT2D eigenvalue weighted by molar-refractivity contribution is 6.42. The van der Waals surface area contributed by atoms with Crippen molar-refractivity contribution in [1.29, 1.82) is 0 Å². The molecule has 1 amide bonds. The van der Waals surface area contributed by atoms with Crippen molar-refractivity contribution in [3.05, 3.63) is 63.2 Å². The van der Waals surface area contributed by atoms with E-state index in [1.165, 1.54) is 0 Å². The average molecular weight is 468 g/mol. The molecule has 7 nitrogen and oxygen atoms in total. The molecule has 5 rings (SSSR count). The molecule has 3 aromatic heterocycles. The van der Waals surface area contributed by atoms with Crippen LogP contribution in [0, 0.1) is 19.8 Å². The van der Waals surface area contributed by atoms with Gasteiger partial charge in [-0.05, 0) is 50.5 Å². The fourth-order valence-corrected chi connectivity index (χ4v) is 4.61. The molecule has 9 heteroatoms. The van der Waals surface area contributed by atoms with Crippen molar-refractivity contribution in [2.75, 3.05) is 5.32 Å². The lowest BCUT2D eigenvalue weighted by atomic mass is 9.98. The van der Waals surface area contributed by atoms with Crippen LogP contribution in [-0.4, -0.2) is 31.9 Å². The van der Waals surface area contributed by atoms with Crippen LogP contribution >= 0.6 is 23.2 Å². The van der Waals surface area contributed by atoms with Gasteiger partial charge in [-0.2, -0.15) is 5.10 Å². The number of carbonyl (C=O) groups is 2. The van der Waals surface area contributed by atoms with Crippen LogP contribution in [0.2, 0.25) is 10.0 Å². The fourth-order valence-electron chi connectivity index (χ4n) is 3.95. The van der Waals surface area contributed by atoms with E-state index in [1.807, 2.05) is 13.8 Å². The minimum atomic E-state index is -0.316. The van der Waals surface area contributed by atoms with Gasteiger partial charge in [0.25, 0.3) is 0 Å². The Hall–Kier alpha value is -3.16. The monoisotopic (exact) mass is 467 g/mol. The van der Waals surface area contributed by atoms with Crippen LogP contribution in [0.1, 0.15) is 40.2 Å². The van der Waals surface area contributed by atoms with Crippen molar-refractivity contribution < 1.29 is 9.59 Å². The second-order valence-electron chi connectivity index (χ2n) is 8.00. The van der Waals surface area contributed by atoms with Gasteiger partial charge in [0.15, 0.2) is 11.6 Å². The van der Waals surface area contributed by atoms with Gasteiger partial charge in [-0.3, -0.25) is 14.7 Å². The molecule has 3 heterocycles. The van der Waals surface area contributed by atoms with E-state index in [0.717, 1.165) is 35.4 Å². The first kappa shape index (κ1) is 20.7. The van der Waals surface area contributed by atoms with Crippen LogP contribution < -0.4 is 5.32 Å². The lowest BCUT2D eigenvalue weighted by Gasteiger charge is -2.10. The number of aromatic amines is 2. The first-order valence-electron chi connectivity index (χ1n) is 10.2. The molecule has 0 unspecified atom stereocenters. The minimum Gasteiger partial charge on any atom is -0.357 e. The van der Waals surface area contributed by atoms with E-state index in [4.69, 9.17) is 23.2 Å². The number of rotatable bonds is 5. The minimum absolute atomic E-state index is 0.0433. The Labute approximate surface area is 193 Å². The number of hydrogen-bond acceptors (Lipinski definition) is 4. The molecule has 0 aliphatic heterocycles. The summed E-state index contributed by atoms with van der Waals surface area (Å²) in [5, 5.41) is 11.1. The van der Waals surface area contributed by atoms with Gasteiger partial charge in [0.2, 0.25) is 5.91 Å². The maximum Gasteiger partial charge on any atom is 0.228 e. The van der Waals surface area contributed by atoms with Gasteiger partial charge in [-0.15, -0.1) is 0 Å². The molecule has 1 aliphatic rings. The van der Waals surface area contributed by atoms with E-state index >= 15 is 0 Å². The Bertz CT molecular complexity index is 1360. The van der Waals surface area contributed by atoms with Gasteiger partial charge in [0.1, 0.15) is 0 Å². The predicted molar refractivity (Wildman–Crippen MR) is 124 cm³/mol. The smallest absolute Gasteiger partial charge is 0.228 e. The number of nitrogens with zero attached hydrogens (tertiary/aromatic N) is 2. The topological polar surface area (TPSA) is 104 Å². The molecular weight excluding hydrogens is 449 g/mol. The SMILES string of the molecule is Cc1n[nH]c(C)c1-c1cc(Cl)c(C(=O)c2c[nH]c3c(NC(=O)C4CC4)nccc23)c(Cl)c1. The Morgan fingerprint density at radius 1 is 1.16 bits per heavy atom.